The molecule has 0 amide bonds. The zero-order valence-electron chi connectivity index (χ0n) is 8.64. The maximum atomic E-state index is 2.38. The molecule has 1 saturated carbocycles. The molecule has 0 radical (unpaired) electrons. The molecular weight excluding hydrogens is 156 g/mol. The lowest BCUT2D eigenvalue weighted by Gasteiger charge is -2.13. The monoisotopic (exact) mass is 174 g/mol. The van der Waals surface area contributed by atoms with Gasteiger partial charge in [-0.25, -0.2) is 0 Å². The lowest BCUT2D eigenvalue weighted by atomic mass is 9.92. The average Bonchev–Trinajstić information content (AvgIpc) is 2.61. The van der Waals surface area contributed by atoms with Crippen LogP contribution >= 0.6 is 0 Å². The summed E-state index contributed by atoms with van der Waals surface area (Å²) in [6, 6.07) is 6.86. The highest BCUT2D eigenvalue weighted by atomic mass is 14.2. The van der Waals surface area contributed by atoms with E-state index in [4.69, 9.17) is 0 Å². The normalized spacial score (nSPS) is 18.0. The van der Waals surface area contributed by atoms with Crippen molar-refractivity contribution in [3.63, 3.8) is 0 Å². The Morgan fingerprint density at radius 2 is 1.77 bits per heavy atom. The predicted octanol–water partition coefficient (Wildman–Crippen LogP) is 3.96. The van der Waals surface area contributed by atoms with Crippen LogP contribution in [0.5, 0.6) is 0 Å². The molecule has 1 aromatic carbocycles. The summed E-state index contributed by atoms with van der Waals surface area (Å²) < 4.78 is 0. The molecule has 2 rings (SSSR count). The van der Waals surface area contributed by atoms with Gasteiger partial charge in [-0.3, -0.25) is 0 Å². The van der Waals surface area contributed by atoms with Crippen LogP contribution in [-0.4, -0.2) is 0 Å². The van der Waals surface area contributed by atoms with Gasteiger partial charge in [-0.05, 0) is 43.7 Å². The van der Waals surface area contributed by atoms with Gasteiger partial charge >= 0.3 is 0 Å². The highest BCUT2D eigenvalue weighted by Gasteiger charge is 2.18. The Labute approximate surface area is 81.0 Å². The van der Waals surface area contributed by atoms with Crippen molar-refractivity contribution in [2.24, 2.45) is 0 Å². The second kappa shape index (κ2) is 3.53. The van der Waals surface area contributed by atoms with Gasteiger partial charge in [-0.2, -0.15) is 0 Å². The maximum Gasteiger partial charge on any atom is -0.0159 e. The van der Waals surface area contributed by atoms with E-state index >= 15 is 0 Å². The van der Waals surface area contributed by atoms with E-state index < -0.39 is 0 Å². The van der Waals surface area contributed by atoms with Crippen molar-refractivity contribution >= 4 is 0 Å². The van der Waals surface area contributed by atoms with Crippen molar-refractivity contribution in [2.45, 2.75) is 45.4 Å². The van der Waals surface area contributed by atoms with Crippen molar-refractivity contribution in [3.8, 4) is 0 Å². The Hall–Kier alpha value is -0.780. The summed E-state index contributed by atoms with van der Waals surface area (Å²) in [6.45, 7) is 4.44. The topological polar surface area (TPSA) is 0 Å². The molecule has 0 unspecified atom stereocenters. The van der Waals surface area contributed by atoms with Crippen LogP contribution in [0.2, 0.25) is 0 Å². The van der Waals surface area contributed by atoms with Crippen molar-refractivity contribution in [2.75, 3.05) is 0 Å². The van der Waals surface area contributed by atoms with Gasteiger partial charge in [0.2, 0.25) is 0 Å². The SMILES string of the molecule is Cc1ccc(C)c(C2CCCC2)c1. The van der Waals surface area contributed by atoms with Crippen molar-refractivity contribution in [1.82, 2.24) is 0 Å². The number of rotatable bonds is 1. The molecular formula is C13H18. The Kier molecular flexibility index (Phi) is 2.39. The van der Waals surface area contributed by atoms with Crippen molar-refractivity contribution in [1.29, 1.82) is 0 Å². The van der Waals surface area contributed by atoms with Gasteiger partial charge in [0, 0.05) is 0 Å². The highest BCUT2D eigenvalue weighted by molar-refractivity contribution is 5.33. The van der Waals surface area contributed by atoms with Gasteiger partial charge in [0.1, 0.15) is 0 Å². The molecule has 1 aliphatic carbocycles. The largest absolute Gasteiger partial charge is 0.0590 e. The van der Waals surface area contributed by atoms with Gasteiger partial charge in [0.15, 0.2) is 0 Å². The Bertz CT molecular complexity index is 293. The van der Waals surface area contributed by atoms with Crippen LogP contribution in [0, 0.1) is 13.8 Å². The van der Waals surface area contributed by atoms with Crippen molar-refractivity contribution in [3.05, 3.63) is 34.9 Å². The van der Waals surface area contributed by atoms with Gasteiger partial charge in [0.05, 0.1) is 0 Å². The summed E-state index contributed by atoms with van der Waals surface area (Å²) in [5.74, 6) is 0.861. The Balaban J connectivity index is 2.32. The van der Waals surface area contributed by atoms with Crippen LogP contribution < -0.4 is 0 Å². The van der Waals surface area contributed by atoms with Crippen LogP contribution in [0.1, 0.15) is 48.3 Å². The fraction of sp³-hybridized carbons (Fsp3) is 0.538. The van der Waals surface area contributed by atoms with E-state index in [0.717, 1.165) is 5.92 Å². The molecule has 0 heterocycles. The number of hydrogen-bond acceptors (Lipinski definition) is 0. The number of benzene rings is 1. The molecule has 0 N–H and O–H groups in total. The third-order valence-electron chi connectivity index (χ3n) is 3.23. The van der Waals surface area contributed by atoms with Crippen LogP contribution in [0.4, 0.5) is 0 Å². The molecule has 70 valence electrons. The maximum absolute atomic E-state index is 2.38. The summed E-state index contributed by atoms with van der Waals surface area (Å²) in [5, 5.41) is 0. The molecule has 0 saturated heterocycles. The number of aryl methyl sites for hydroxylation is 2. The smallest absolute Gasteiger partial charge is 0.0159 e. The minimum atomic E-state index is 0.861. The lowest BCUT2D eigenvalue weighted by Crippen LogP contribution is -1.96. The fourth-order valence-corrected chi connectivity index (χ4v) is 2.44. The minimum Gasteiger partial charge on any atom is -0.0590 e. The van der Waals surface area contributed by atoms with Gasteiger partial charge in [-0.1, -0.05) is 36.6 Å². The zero-order chi connectivity index (χ0) is 9.26. The first-order chi connectivity index (χ1) is 6.27. The molecule has 0 nitrogen and oxygen atoms in total. The second-order valence-corrected chi connectivity index (χ2v) is 4.34. The third kappa shape index (κ3) is 1.77. The zero-order valence-corrected chi connectivity index (χ0v) is 8.64. The first-order valence-electron chi connectivity index (χ1n) is 5.34. The number of hydrogen-bond donors (Lipinski definition) is 0. The third-order valence-corrected chi connectivity index (χ3v) is 3.23. The first kappa shape index (κ1) is 8.80. The Morgan fingerprint density at radius 3 is 2.46 bits per heavy atom. The van der Waals surface area contributed by atoms with E-state index in [1.807, 2.05) is 0 Å². The minimum absolute atomic E-state index is 0.861. The van der Waals surface area contributed by atoms with E-state index in [0.29, 0.717) is 0 Å². The molecule has 0 bridgehead atoms. The van der Waals surface area contributed by atoms with Crippen molar-refractivity contribution < 1.29 is 0 Å². The summed E-state index contributed by atoms with van der Waals surface area (Å²) in [5.41, 5.74) is 4.50. The quantitative estimate of drug-likeness (QED) is 0.604. The van der Waals surface area contributed by atoms with Gasteiger partial charge < -0.3 is 0 Å². The fourth-order valence-electron chi connectivity index (χ4n) is 2.44. The van der Waals surface area contributed by atoms with Crippen LogP contribution in [0.3, 0.4) is 0 Å². The van der Waals surface area contributed by atoms with Gasteiger partial charge in [-0.15, -0.1) is 0 Å². The summed E-state index contributed by atoms with van der Waals surface area (Å²) >= 11 is 0. The van der Waals surface area contributed by atoms with E-state index in [1.54, 1.807) is 5.56 Å². The predicted molar refractivity (Wildman–Crippen MR) is 57.1 cm³/mol. The molecule has 0 aliphatic heterocycles. The first-order valence-corrected chi connectivity index (χ1v) is 5.34. The average molecular weight is 174 g/mol. The van der Waals surface area contributed by atoms with E-state index in [-0.39, 0.29) is 0 Å². The summed E-state index contributed by atoms with van der Waals surface area (Å²) in [7, 11) is 0. The highest BCUT2D eigenvalue weighted by Crippen LogP contribution is 2.35. The van der Waals surface area contributed by atoms with E-state index in [9.17, 15) is 0 Å². The molecule has 0 aromatic heterocycles. The molecule has 13 heavy (non-hydrogen) atoms. The van der Waals surface area contributed by atoms with Crippen LogP contribution in [-0.2, 0) is 0 Å². The molecule has 1 aromatic rings. The molecule has 1 fully saturated rings. The van der Waals surface area contributed by atoms with Crippen LogP contribution in [0.15, 0.2) is 18.2 Å². The Morgan fingerprint density at radius 1 is 1.08 bits per heavy atom. The molecule has 0 atom stereocenters. The molecule has 1 aliphatic rings. The standard InChI is InChI=1S/C13H18/c1-10-7-8-11(2)13(9-10)12-5-3-4-6-12/h7-9,12H,3-6H2,1-2H3. The van der Waals surface area contributed by atoms with Gasteiger partial charge in [0.25, 0.3) is 0 Å². The van der Waals surface area contributed by atoms with Crippen LogP contribution in [0.25, 0.3) is 0 Å². The molecule has 0 heteroatoms. The summed E-state index contributed by atoms with van der Waals surface area (Å²) in [6.07, 6.45) is 5.67. The van der Waals surface area contributed by atoms with E-state index in [1.165, 1.54) is 36.8 Å². The second-order valence-electron chi connectivity index (χ2n) is 4.34. The van der Waals surface area contributed by atoms with E-state index in [2.05, 4.69) is 32.0 Å². The summed E-state index contributed by atoms with van der Waals surface area (Å²) in [4.78, 5) is 0. The molecule has 0 spiro atoms. The lowest BCUT2D eigenvalue weighted by molar-refractivity contribution is 0.717.